The third-order valence-corrected chi connectivity index (χ3v) is 3.53. The van der Waals surface area contributed by atoms with E-state index in [4.69, 9.17) is 11.6 Å². The van der Waals surface area contributed by atoms with Gasteiger partial charge in [0.2, 0.25) is 0 Å². The lowest BCUT2D eigenvalue weighted by Gasteiger charge is -2.06. The Morgan fingerprint density at radius 1 is 1.47 bits per heavy atom. The number of benzene rings is 1. The molecule has 0 saturated heterocycles. The number of rotatable bonds is 3. The van der Waals surface area contributed by atoms with Gasteiger partial charge in [0.25, 0.3) is 0 Å². The van der Waals surface area contributed by atoms with E-state index in [1.165, 1.54) is 0 Å². The van der Waals surface area contributed by atoms with Gasteiger partial charge < -0.3 is 5.32 Å². The molecular weight excluding hydrogens is 302 g/mol. The molecule has 5 heteroatoms. The van der Waals surface area contributed by atoms with Crippen LogP contribution in [0.25, 0.3) is 0 Å². The van der Waals surface area contributed by atoms with Gasteiger partial charge in [-0.05, 0) is 25.1 Å². The van der Waals surface area contributed by atoms with Gasteiger partial charge in [-0.3, -0.25) is 4.68 Å². The van der Waals surface area contributed by atoms with E-state index >= 15 is 0 Å². The number of hydrogen-bond acceptors (Lipinski definition) is 2. The maximum absolute atomic E-state index is 6.16. The Kier molecular flexibility index (Phi) is 3.74. The van der Waals surface area contributed by atoms with Crippen LogP contribution in [-0.2, 0) is 13.6 Å². The van der Waals surface area contributed by atoms with Gasteiger partial charge in [0.05, 0.1) is 5.69 Å². The van der Waals surface area contributed by atoms with E-state index in [9.17, 15) is 0 Å². The van der Waals surface area contributed by atoms with Crippen LogP contribution in [0.5, 0.6) is 0 Å². The molecule has 0 aliphatic heterocycles. The van der Waals surface area contributed by atoms with Crippen molar-refractivity contribution in [1.82, 2.24) is 9.78 Å². The van der Waals surface area contributed by atoms with E-state index in [1.54, 1.807) is 4.68 Å². The minimum Gasteiger partial charge on any atom is -0.381 e. The molecule has 1 aromatic carbocycles. The Labute approximate surface area is 114 Å². The molecule has 1 aromatic heterocycles. The maximum atomic E-state index is 6.16. The fraction of sp³-hybridized carbons (Fsp3) is 0.250. The van der Waals surface area contributed by atoms with Crippen molar-refractivity contribution in [3.8, 4) is 0 Å². The van der Waals surface area contributed by atoms with E-state index < -0.39 is 0 Å². The monoisotopic (exact) mass is 313 g/mol. The van der Waals surface area contributed by atoms with Crippen molar-refractivity contribution in [1.29, 1.82) is 0 Å². The molecule has 2 rings (SSSR count). The van der Waals surface area contributed by atoms with Crippen LogP contribution in [0.4, 0.5) is 5.69 Å². The topological polar surface area (TPSA) is 29.9 Å². The van der Waals surface area contributed by atoms with Crippen molar-refractivity contribution in [2.75, 3.05) is 5.32 Å². The minimum absolute atomic E-state index is 0.676. The van der Waals surface area contributed by atoms with Gasteiger partial charge in [0.15, 0.2) is 0 Å². The van der Waals surface area contributed by atoms with Gasteiger partial charge in [0, 0.05) is 29.3 Å². The largest absolute Gasteiger partial charge is 0.381 e. The summed E-state index contributed by atoms with van der Waals surface area (Å²) < 4.78 is 2.74. The Morgan fingerprint density at radius 2 is 2.24 bits per heavy atom. The summed E-state index contributed by atoms with van der Waals surface area (Å²) in [5.41, 5.74) is 3.05. The highest BCUT2D eigenvalue weighted by Gasteiger charge is 2.10. The van der Waals surface area contributed by atoms with E-state index in [2.05, 4.69) is 26.3 Å². The normalized spacial score (nSPS) is 10.6. The quantitative estimate of drug-likeness (QED) is 0.935. The predicted molar refractivity (Wildman–Crippen MR) is 74.4 cm³/mol. The number of nitrogens with one attached hydrogen (secondary N) is 1. The Hall–Kier alpha value is -1.000. The summed E-state index contributed by atoms with van der Waals surface area (Å²) in [5, 5.41) is 8.29. The maximum Gasteiger partial charge on any atom is 0.131 e. The van der Waals surface area contributed by atoms with Gasteiger partial charge in [0.1, 0.15) is 5.15 Å². The molecule has 0 bridgehead atoms. The molecule has 2 aromatic rings. The van der Waals surface area contributed by atoms with Crippen LogP contribution in [-0.4, -0.2) is 9.78 Å². The molecule has 0 atom stereocenters. The zero-order chi connectivity index (χ0) is 12.4. The third-order valence-electron chi connectivity index (χ3n) is 2.56. The summed E-state index contributed by atoms with van der Waals surface area (Å²) in [6.07, 6.45) is 0. The van der Waals surface area contributed by atoms with Gasteiger partial charge in [-0.15, -0.1) is 0 Å². The highest BCUT2D eigenvalue weighted by molar-refractivity contribution is 9.10. The molecular formula is C12H13BrClN3. The zero-order valence-electron chi connectivity index (χ0n) is 9.67. The van der Waals surface area contributed by atoms with E-state index in [0.29, 0.717) is 11.7 Å². The molecule has 0 aliphatic rings. The lowest BCUT2D eigenvalue weighted by Crippen LogP contribution is -2.00. The number of halogens is 2. The zero-order valence-corrected chi connectivity index (χ0v) is 12.0. The van der Waals surface area contributed by atoms with E-state index in [1.807, 2.05) is 38.2 Å². The van der Waals surface area contributed by atoms with Crippen LogP contribution in [0.15, 0.2) is 28.7 Å². The summed E-state index contributed by atoms with van der Waals surface area (Å²) >= 11 is 9.60. The second-order valence-corrected chi connectivity index (χ2v) is 5.12. The molecule has 0 aliphatic carbocycles. The van der Waals surface area contributed by atoms with Gasteiger partial charge in [-0.1, -0.05) is 33.6 Å². The smallest absolute Gasteiger partial charge is 0.131 e. The lowest BCUT2D eigenvalue weighted by molar-refractivity contribution is 0.757. The Balaban J connectivity index is 2.12. The molecule has 90 valence electrons. The van der Waals surface area contributed by atoms with Crippen LogP contribution in [0.2, 0.25) is 5.15 Å². The number of anilines is 1. The second-order valence-electron chi connectivity index (χ2n) is 3.84. The SMILES string of the molecule is Cc1nn(C)c(Cl)c1CNc1cccc(Br)c1. The van der Waals surface area contributed by atoms with Crippen LogP contribution in [0, 0.1) is 6.92 Å². The summed E-state index contributed by atoms with van der Waals surface area (Å²) in [6, 6.07) is 8.03. The summed E-state index contributed by atoms with van der Waals surface area (Å²) in [7, 11) is 1.85. The number of aryl methyl sites for hydroxylation is 2. The average molecular weight is 315 g/mol. The first-order valence-electron chi connectivity index (χ1n) is 5.25. The van der Waals surface area contributed by atoms with E-state index in [0.717, 1.165) is 21.4 Å². The molecule has 0 unspecified atom stereocenters. The van der Waals surface area contributed by atoms with Crippen molar-refractivity contribution in [3.63, 3.8) is 0 Å². The summed E-state index contributed by atoms with van der Waals surface area (Å²) in [4.78, 5) is 0. The van der Waals surface area contributed by atoms with Crippen molar-refractivity contribution >= 4 is 33.2 Å². The lowest BCUT2D eigenvalue weighted by atomic mass is 10.2. The van der Waals surface area contributed by atoms with Gasteiger partial charge in [-0.2, -0.15) is 5.10 Å². The Bertz CT molecular complexity index is 537. The van der Waals surface area contributed by atoms with Crippen LogP contribution >= 0.6 is 27.5 Å². The highest BCUT2D eigenvalue weighted by atomic mass is 79.9. The van der Waals surface area contributed by atoms with E-state index in [-0.39, 0.29) is 0 Å². The Morgan fingerprint density at radius 3 is 2.82 bits per heavy atom. The molecule has 17 heavy (non-hydrogen) atoms. The molecule has 3 nitrogen and oxygen atoms in total. The third kappa shape index (κ3) is 2.82. The fourth-order valence-corrected chi connectivity index (χ4v) is 2.30. The minimum atomic E-state index is 0.676. The van der Waals surface area contributed by atoms with Crippen LogP contribution < -0.4 is 5.32 Å². The number of nitrogens with zero attached hydrogens (tertiary/aromatic N) is 2. The summed E-state index contributed by atoms with van der Waals surface area (Å²) in [5.74, 6) is 0. The van der Waals surface area contributed by atoms with Crippen molar-refractivity contribution in [2.24, 2.45) is 7.05 Å². The first kappa shape index (κ1) is 12.5. The molecule has 1 N–H and O–H groups in total. The standard InChI is InChI=1S/C12H13BrClN3/c1-8-11(12(14)17(2)16-8)7-15-10-5-3-4-9(13)6-10/h3-6,15H,7H2,1-2H3. The van der Waals surface area contributed by atoms with Crippen LogP contribution in [0.1, 0.15) is 11.3 Å². The first-order chi connectivity index (χ1) is 8.08. The number of hydrogen-bond donors (Lipinski definition) is 1. The predicted octanol–water partition coefficient (Wildman–Crippen LogP) is 3.76. The van der Waals surface area contributed by atoms with Crippen molar-refractivity contribution < 1.29 is 0 Å². The molecule has 0 fully saturated rings. The summed E-state index contributed by atoms with van der Waals surface area (Å²) in [6.45, 7) is 2.64. The molecule has 0 radical (unpaired) electrons. The second kappa shape index (κ2) is 5.10. The average Bonchev–Trinajstić information content (AvgIpc) is 2.51. The number of aromatic nitrogens is 2. The van der Waals surface area contributed by atoms with Crippen molar-refractivity contribution in [3.05, 3.63) is 45.1 Å². The van der Waals surface area contributed by atoms with Gasteiger partial charge in [-0.25, -0.2) is 0 Å². The molecule has 0 spiro atoms. The van der Waals surface area contributed by atoms with Crippen molar-refractivity contribution in [2.45, 2.75) is 13.5 Å². The highest BCUT2D eigenvalue weighted by Crippen LogP contribution is 2.21. The van der Waals surface area contributed by atoms with Crippen LogP contribution in [0.3, 0.4) is 0 Å². The van der Waals surface area contributed by atoms with Gasteiger partial charge >= 0.3 is 0 Å². The molecule has 0 amide bonds. The fourth-order valence-electron chi connectivity index (χ4n) is 1.66. The molecule has 0 saturated carbocycles. The molecule has 1 heterocycles. The first-order valence-corrected chi connectivity index (χ1v) is 6.42.